The minimum absolute atomic E-state index is 0.108. The van der Waals surface area contributed by atoms with E-state index in [1.165, 1.54) is 12.1 Å². The fraction of sp³-hybridized carbons (Fsp3) is 0.176. The number of hydrogen-bond donors (Lipinski definition) is 1. The van der Waals surface area contributed by atoms with Crippen LogP contribution in [0.25, 0.3) is 22.8 Å². The summed E-state index contributed by atoms with van der Waals surface area (Å²) in [5, 5.41) is 6.63. The van der Waals surface area contributed by atoms with Crippen LogP contribution >= 0.6 is 11.3 Å². The molecule has 1 amide bonds. The first-order chi connectivity index (χ1) is 11.2. The lowest BCUT2D eigenvalue weighted by molar-refractivity contribution is -0.120. The summed E-state index contributed by atoms with van der Waals surface area (Å²) >= 11 is 1.54. The van der Waals surface area contributed by atoms with Crippen molar-refractivity contribution in [3.05, 3.63) is 52.6 Å². The minimum Gasteiger partial charge on any atom is -0.436 e. The first kappa shape index (κ1) is 15.4. The van der Waals surface area contributed by atoms with Gasteiger partial charge in [-0.1, -0.05) is 0 Å². The van der Waals surface area contributed by atoms with Crippen LogP contribution in [0, 0.1) is 5.82 Å². The van der Waals surface area contributed by atoms with Gasteiger partial charge in [-0.15, -0.1) is 0 Å². The van der Waals surface area contributed by atoms with E-state index >= 15 is 0 Å². The van der Waals surface area contributed by atoms with Crippen molar-refractivity contribution in [2.45, 2.75) is 13.3 Å². The second-order valence-corrected chi connectivity index (χ2v) is 5.72. The maximum atomic E-state index is 13.1. The van der Waals surface area contributed by atoms with Crippen molar-refractivity contribution >= 4 is 17.2 Å². The Labute approximate surface area is 137 Å². The van der Waals surface area contributed by atoms with E-state index < -0.39 is 0 Å². The summed E-state index contributed by atoms with van der Waals surface area (Å²) in [7, 11) is 0. The molecule has 0 saturated carbocycles. The Hall–Kier alpha value is -2.47. The number of rotatable bonds is 5. The lowest BCUT2D eigenvalue weighted by Crippen LogP contribution is -2.24. The average Bonchev–Trinajstić information content (AvgIpc) is 3.17. The summed E-state index contributed by atoms with van der Waals surface area (Å²) in [4.78, 5) is 16.3. The van der Waals surface area contributed by atoms with Crippen molar-refractivity contribution in [2.24, 2.45) is 0 Å². The molecule has 118 valence electrons. The van der Waals surface area contributed by atoms with Gasteiger partial charge in [-0.2, -0.15) is 11.3 Å². The maximum absolute atomic E-state index is 13.1. The zero-order valence-corrected chi connectivity index (χ0v) is 13.3. The highest BCUT2D eigenvalue weighted by atomic mass is 32.1. The van der Waals surface area contributed by atoms with Crippen molar-refractivity contribution < 1.29 is 13.6 Å². The molecule has 4 nitrogen and oxygen atoms in total. The number of thiophene rings is 1. The molecule has 2 heterocycles. The van der Waals surface area contributed by atoms with E-state index in [0.29, 0.717) is 29.5 Å². The monoisotopic (exact) mass is 330 g/mol. The van der Waals surface area contributed by atoms with E-state index in [1.807, 2.05) is 23.8 Å². The number of aromatic nitrogens is 1. The zero-order chi connectivity index (χ0) is 16.2. The van der Waals surface area contributed by atoms with Crippen LogP contribution in [-0.4, -0.2) is 17.4 Å². The summed E-state index contributed by atoms with van der Waals surface area (Å²) in [6.07, 6.45) is 0.143. The standard InChI is InChI=1S/C17H15FN2O2S/c1-2-19-15(21)9-14-16(12-7-8-23-10-12)22-17(20-14)11-3-5-13(18)6-4-11/h3-8,10H,2,9H2,1H3,(H,19,21). The van der Waals surface area contributed by atoms with Gasteiger partial charge in [0.05, 0.1) is 12.1 Å². The van der Waals surface area contributed by atoms with Gasteiger partial charge in [0.25, 0.3) is 0 Å². The molecule has 23 heavy (non-hydrogen) atoms. The topological polar surface area (TPSA) is 55.1 Å². The van der Waals surface area contributed by atoms with Crippen molar-refractivity contribution in [1.82, 2.24) is 10.3 Å². The zero-order valence-electron chi connectivity index (χ0n) is 12.5. The van der Waals surface area contributed by atoms with E-state index in [4.69, 9.17) is 4.42 Å². The highest BCUT2D eigenvalue weighted by Gasteiger charge is 2.19. The molecule has 1 aromatic carbocycles. The number of amides is 1. The summed E-state index contributed by atoms with van der Waals surface area (Å²) in [5.41, 5.74) is 2.13. The van der Waals surface area contributed by atoms with Crippen molar-refractivity contribution in [2.75, 3.05) is 6.54 Å². The summed E-state index contributed by atoms with van der Waals surface area (Å²) < 4.78 is 18.9. The third kappa shape index (κ3) is 3.48. The van der Waals surface area contributed by atoms with Gasteiger partial charge in [0.15, 0.2) is 5.76 Å². The molecule has 0 aliphatic rings. The number of carbonyl (C=O) groups excluding carboxylic acids is 1. The van der Waals surface area contributed by atoms with Crippen molar-refractivity contribution in [1.29, 1.82) is 0 Å². The van der Waals surface area contributed by atoms with E-state index in [9.17, 15) is 9.18 Å². The van der Waals surface area contributed by atoms with Crippen LogP contribution < -0.4 is 5.32 Å². The second kappa shape index (κ2) is 6.75. The van der Waals surface area contributed by atoms with Gasteiger partial charge in [-0.3, -0.25) is 4.79 Å². The summed E-state index contributed by atoms with van der Waals surface area (Å²) in [5.74, 6) is 0.533. The number of nitrogens with one attached hydrogen (secondary N) is 1. The molecule has 0 fully saturated rings. The Bertz CT molecular complexity index is 795. The molecule has 0 aliphatic carbocycles. The molecule has 1 N–H and O–H groups in total. The molecular weight excluding hydrogens is 315 g/mol. The fourth-order valence-electron chi connectivity index (χ4n) is 2.22. The number of nitrogens with zero attached hydrogens (tertiary/aromatic N) is 1. The Balaban J connectivity index is 1.99. The molecular formula is C17H15FN2O2S. The Morgan fingerprint density at radius 1 is 1.26 bits per heavy atom. The first-order valence-corrected chi connectivity index (χ1v) is 8.16. The van der Waals surface area contributed by atoms with Crippen LogP contribution in [-0.2, 0) is 11.2 Å². The maximum Gasteiger partial charge on any atom is 0.227 e. The van der Waals surface area contributed by atoms with Crippen LogP contribution in [0.2, 0.25) is 0 Å². The van der Waals surface area contributed by atoms with Crippen LogP contribution in [0.5, 0.6) is 0 Å². The third-order valence-electron chi connectivity index (χ3n) is 3.27. The van der Waals surface area contributed by atoms with E-state index in [0.717, 1.165) is 5.56 Å². The molecule has 0 aliphatic heterocycles. The SMILES string of the molecule is CCNC(=O)Cc1nc(-c2ccc(F)cc2)oc1-c1ccsc1. The average molecular weight is 330 g/mol. The highest BCUT2D eigenvalue weighted by Crippen LogP contribution is 2.31. The third-order valence-corrected chi connectivity index (χ3v) is 3.96. The van der Waals surface area contributed by atoms with Gasteiger partial charge in [0.1, 0.15) is 5.82 Å². The van der Waals surface area contributed by atoms with Crippen molar-refractivity contribution in [3.63, 3.8) is 0 Å². The van der Waals surface area contributed by atoms with E-state index in [1.54, 1.807) is 23.5 Å². The van der Waals surface area contributed by atoms with Gasteiger partial charge in [0.2, 0.25) is 11.8 Å². The number of benzene rings is 1. The smallest absolute Gasteiger partial charge is 0.227 e. The molecule has 6 heteroatoms. The van der Waals surface area contributed by atoms with Crippen LogP contribution in [0.3, 0.4) is 0 Å². The van der Waals surface area contributed by atoms with Gasteiger partial charge in [0, 0.05) is 23.1 Å². The van der Waals surface area contributed by atoms with Gasteiger partial charge >= 0.3 is 0 Å². The highest BCUT2D eigenvalue weighted by molar-refractivity contribution is 7.08. The second-order valence-electron chi connectivity index (χ2n) is 4.94. The quantitative estimate of drug-likeness (QED) is 0.772. The fourth-order valence-corrected chi connectivity index (χ4v) is 2.85. The molecule has 0 spiro atoms. The molecule has 2 aromatic heterocycles. The van der Waals surface area contributed by atoms with Gasteiger partial charge in [-0.25, -0.2) is 9.37 Å². The lowest BCUT2D eigenvalue weighted by Gasteiger charge is -2.00. The van der Waals surface area contributed by atoms with Crippen LogP contribution in [0.15, 0.2) is 45.5 Å². The lowest BCUT2D eigenvalue weighted by atomic mass is 10.1. The predicted molar refractivity (Wildman–Crippen MR) is 87.6 cm³/mol. The number of hydrogen-bond acceptors (Lipinski definition) is 4. The summed E-state index contributed by atoms with van der Waals surface area (Å²) in [6, 6.07) is 7.84. The van der Waals surface area contributed by atoms with E-state index in [-0.39, 0.29) is 18.1 Å². The number of halogens is 1. The Morgan fingerprint density at radius 2 is 2.04 bits per heavy atom. The molecule has 0 atom stereocenters. The van der Waals surface area contributed by atoms with Gasteiger partial charge in [-0.05, 0) is 42.6 Å². The molecule has 0 radical (unpaired) electrons. The number of oxazole rings is 1. The first-order valence-electron chi connectivity index (χ1n) is 7.22. The normalized spacial score (nSPS) is 10.7. The minimum atomic E-state index is -0.319. The van der Waals surface area contributed by atoms with Crippen LogP contribution in [0.4, 0.5) is 4.39 Å². The molecule has 3 rings (SSSR count). The largest absolute Gasteiger partial charge is 0.436 e. The van der Waals surface area contributed by atoms with Crippen molar-refractivity contribution in [3.8, 4) is 22.8 Å². The van der Waals surface area contributed by atoms with Gasteiger partial charge < -0.3 is 9.73 Å². The predicted octanol–water partition coefficient (Wildman–Crippen LogP) is 3.89. The Morgan fingerprint density at radius 3 is 2.70 bits per heavy atom. The van der Waals surface area contributed by atoms with Crippen LogP contribution in [0.1, 0.15) is 12.6 Å². The Kier molecular flexibility index (Phi) is 4.52. The molecule has 3 aromatic rings. The summed E-state index contributed by atoms with van der Waals surface area (Å²) in [6.45, 7) is 2.43. The molecule has 0 saturated heterocycles. The molecule has 0 unspecified atom stereocenters. The molecule has 0 bridgehead atoms. The van der Waals surface area contributed by atoms with E-state index in [2.05, 4.69) is 10.3 Å². The number of likely N-dealkylation sites (N-methyl/N-ethyl adjacent to an activating group) is 1. The number of carbonyl (C=O) groups is 1.